The van der Waals surface area contributed by atoms with Crippen molar-refractivity contribution >= 4 is 0 Å². The lowest BCUT2D eigenvalue weighted by molar-refractivity contribution is 0.517. The fourth-order valence-corrected chi connectivity index (χ4v) is 1.88. The molecule has 1 aromatic heterocycles. The van der Waals surface area contributed by atoms with Crippen molar-refractivity contribution in [3.05, 3.63) is 11.9 Å². The Bertz CT molecular complexity index is 318. The molecular formula is C12H23N5. The van der Waals surface area contributed by atoms with Gasteiger partial charge in [0.25, 0.3) is 0 Å². The summed E-state index contributed by atoms with van der Waals surface area (Å²) in [4.78, 5) is 0. The van der Waals surface area contributed by atoms with Gasteiger partial charge in [-0.05, 0) is 39.3 Å². The van der Waals surface area contributed by atoms with Gasteiger partial charge in [-0.25, -0.2) is 0 Å². The highest BCUT2D eigenvalue weighted by atomic mass is 15.4. The van der Waals surface area contributed by atoms with Gasteiger partial charge in [-0.3, -0.25) is 4.68 Å². The van der Waals surface area contributed by atoms with Crippen molar-refractivity contribution in [2.75, 3.05) is 13.6 Å². The van der Waals surface area contributed by atoms with Crippen molar-refractivity contribution in [2.24, 2.45) is 0 Å². The Hall–Kier alpha value is -0.940. The van der Waals surface area contributed by atoms with Crippen LogP contribution in [-0.2, 0) is 13.1 Å². The third-order valence-corrected chi connectivity index (χ3v) is 3.02. The molecular weight excluding hydrogens is 214 g/mol. The minimum atomic E-state index is 0.797. The van der Waals surface area contributed by atoms with Crippen LogP contribution in [0.2, 0.25) is 0 Å². The van der Waals surface area contributed by atoms with Crippen LogP contribution < -0.4 is 10.6 Å². The minimum absolute atomic E-state index is 0.797. The van der Waals surface area contributed by atoms with Crippen LogP contribution in [-0.4, -0.2) is 34.6 Å². The van der Waals surface area contributed by atoms with Crippen LogP contribution in [0, 0.1) is 0 Å². The normalized spacial score (nSPS) is 15.4. The van der Waals surface area contributed by atoms with E-state index in [0.717, 1.165) is 24.8 Å². The molecule has 17 heavy (non-hydrogen) atoms. The van der Waals surface area contributed by atoms with Crippen LogP contribution >= 0.6 is 0 Å². The van der Waals surface area contributed by atoms with E-state index in [2.05, 4.69) is 20.9 Å². The molecule has 1 heterocycles. The van der Waals surface area contributed by atoms with Gasteiger partial charge in [0.2, 0.25) is 0 Å². The maximum atomic E-state index is 4.10. The van der Waals surface area contributed by atoms with Crippen LogP contribution in [0.5, 0.6) is 0 Å². The summed E-state index contributed by atoms with van der Waals surface area (Å²) in [5.74, 6) is 0. The summed E-state index contributed by atoms with van der Waals surface area (Å²) in [6.45, 7) is 2.96. The lowest BCUT2D eigenvalue weighted by Crippen LogP contribution is -2.17. The molecule has 0 spiro atoms. The van der Waals surface area contributed by atoms with Crippen LogP contribution in [0.15, 0.2) is 6.20 Å². The highest BCUT2D eigenvalue weighted by Crippen LogP contribution is 2.18. The molecule has 0 aromatic carbocycles. The van der Waals surface area contributed by atoms with Crippen molar-refractivity contribution in [3.8, 4) is 0 Å². The number of hydrogen-bond acceptors (Lipinski definition) is 4. The van der Waals surface area contributed by atoms with Gasteiger partial charge in [-0.1, -0.05) is 11.6 Å². The first-order valence-corrected chi connectivity index (χ1v) is 6.65. The van der Waals surface area contributed by atoms with Gasteiger partial charge < -0.3 is 10.6 Å². The maximum absolute atomic E-state index is 4.10. The maximum Gasteiger partial charge on any atom is 0.0964 e. The first-order valence-electron chi connectivity index (χ1n) is 6.65. The molecule has 0 atom stereocenters. The van der Waals surface area contributed by atoms with Crippen molar-refractivity contribution < 1.29 is 0 Å². The quantitative estimate of drug-likeness (QED) is 0.627. The van der Waals surface area contributed by atoms with E-state index in [0.29, 0.717) is 0 Å². The van der Waals surface area contributed by atoms with Gasteiger partial charge in [0.15, 0.2) is 0 Å². The van der Waals surface area contributed by atoms with Gasteiger partial charge in [-0.15, -0.1) is 5.10 Å². The third-order valence-electron chi connectivity index (χ3n) is 3.02. The van der Waals surface area contributed by atoms with E-state index in [1.807, 2.05) is 17.9 Å². The van der Waals surface area contributed by atoms with Crippen molar-refractivity contribution in [2.45, 2.75) is 51.2 Å². The van der Waals surface area contributed by atoms with E-state index in [1.54, 1.807) is 0 Å². The average Bonchev–Trinajstić information content (AvgIpc) is 3.05. The van der Waals surface area contributed by atoms with Gasteiger partial charge in [0.1, 0.15) is 0 Å². The molecule has 1 aromatic rings. The molecule has 2 N–H and O–H groups in total. The average molecular weight is 237 g/mol. The summed E-state index contributed by atoms with van der Waals surface area (Å²) in [5.41, 5.74) is 1.02. The lowest BCUT2D eigenvalue weighted by Gasteiger charge is -2.02. The molecule has 5 nitrogen and oxygen atoms in total. The van der Waals surface area contributed by atoms with Crippen LogP contribution in [0.4, 0.5) is 0 Å². The Kier molecular flexibility index (Phi) is 4.94. The number of nitrogens with zero attached hydrogens (tertiary/aromatic N) is 3. The van der Waals surface area contributed by atoms with E-state index in [-0.39, 0.29) is 0 Å². The summed E-state index contributed by atoms with van der Waals surface area (Å²) in [6.07, 6.45) is 8.52. The summed E-state index contributed by atoms with van der Waals surface area (Å²) in [7, 11) is 1.92. The number of hydrogen-bond donors (Lipinski definition) is 2. The number of unbranched alkanes of at least 4 members (excludes halogenated alkanes) is 2. The summed E-state index contributed by atoms with van der Waals surface area (Å²) in [6, 6.07) is 0.842. The first kappa shape index (κ1) is 12.5. The summed E-state index contributed by atoms with van der Waals surface area (Å²) in [5, 5.41) is 14.8. The molecule has 0 amide bonds. The van der Waals surface area contributed by atoms with Gasteiger partial charge in [0.05, 0.1) is 5.69 Å². The van der Waals surface area contributed by atoms with Crippen molar-refractivity contribution in [3.63, 3.8) is 0 Å². The van der Waals surface area contributed by atoms with Gasteiger partial charge in [0, 0.05) is 25.3 Å². The molecule has 0 saturated heterocycles. The molecule has 2 rings (SSSR count). The lowest BCUT2D eigenvalue weighted by atomic mass is 10.2. The second-order valence-electron chi connectivity index (χ2n) is 4.79. The Morgan fingerprint density at radius 2 is 2.24 bits per heavy atom. The molecule has 0 bridgehead atoms. The molecule has 1 aliphatic carbocycles. The topological polar surface area (TPSA) is 54.8 Å². The Labute approximate surface area is 103 Å². The highest BCUT2D eigenvalue weighted by molar-refractivity contribution is 4.90. The summed E-state index contributed by atoms with van der Waals surface area (Å²) < 4.78 is 1.95. The summed E-state index contributed by atoms with van der Waals surface area (Å²) >= 11 is 0. The predicted octanol–water partition coefficient (Wildman–Crippen LogP) is 0.920. The van der Waals surface area contributed by atoms with Crippen LogP contribution in [0.3, 0.4) is 0 Å². The van der Waals surface area contributed by atoms with Gasteiger partial charge in [-0.2, -0.15) is 0 Å². The minimum Gasteiger partial charge on any atom is -0.314 e. The predicted molar refractivity (Wildman–Crippen MR) is 67.7 cm³/mol. The fourth-order valence-electron chi connectivity index (χ4n) is 1.88. The zero-order chi connectivity index (χ0) is 11.9. The van der Waals surface area contributed by atoms with Crippen molar-refractivity contribution in [1.82, 2.24) is 25.6 Å². The Balaban J connectivity index is 1.50. The van der Waals surface area contributed by atoms with E-state index in [1.165, 1.54) is 38.6 Å². The molecule has 1 aliphatic rings. The SMILES string of the molecule is CNCc1cn(CCCCCNC2CC2)nn1. The largest absolute Gasteiger partial charge is 0.314 e. The zero-order valence-electron chi connectivity index (χ0n) is 10.7. The number of aromatic nitrogens is 3. The van der Waals surface area contributed by atoms with E-state index < -0.39 is 0 Å². The Morgan fingerprint density at radius 3 is 3.00 bits per heavy atom. The van der Waals surface area contributed by atoms with Crippen molar-refractivity contribution in [1.29, 1.82) is 0 Å². The first-order chi connectivity index (χ1) is 8.38. The molecule has 96 valence electrons. The second-order valence-corrected chi connectivity index (χ2v) is 4.79. The smallest absolute Gasteiger partial charge is 0.0964 e. The Morgan fingerprint density at radius 1 is 1.35 bits per heavy atom. The van der Waals surface area contributed by atoms with Gasteiger partial charge >= 0.3 is 0 Å². The highest BCUT2D eigenvalue weighted by Gasteiger charge is 2.19. The third kappa shape index (κ3) is 4.83. The van der Waals surface area contributed by atoms with E-state index >= 15 is 0 Å². The second kappa shape index (κ2) is 6.71. The van der Waals surface area contributed by atoms with E-state index in [9.17, 15) is 0 Å². The van der Waals surface area contributed by atoms with Crippen LogP contribution in [0.25, 0.3) is 0 Å². The molecule has 1 fully saturated rings. The zero-order valence-corrected chi connectivity index (χ0v) is 10.7. The standard InChI is InChI=1S/C12H23N5/c1-13-9-12-10-17(16-15-12)8-4-2-3-7-14-11-5-6-11/h10-11,13-14H,2-9H2,1H3. The fraction of sp³-hybridized carbons (Fsp3) is 0.833. The number of nitrogens with one attached hydrogen (secondary N) is 2. The molecule has 0 aliphatic heterocycles. The molecule has 1 saturated carbocycles. The van der Waals surface area contributed by atoms with E-state index in [4.69, 9.17) is 0 Å². The molecule has 0 radical (unpaired) electrons. The molecule has 5 heteroatoms. The number of aryl methyl sites for hydroxylation is 1. The number of rotatable bonds is 9. The molecule has 0 unspecified atom stereocenters. The monoisotopic (exact) mass is 237 g/mol. The van der Waals surface area contributed by atoms with Crippen LogP contribution in [0.1, 0.15) is 37.8 Å².